The standard InChI is InChI=1S/C9H20N2O2/c1-4-8(10)9(12)11-7(2)5-6-13-3/h7-8H,4-6,10H2,1-3H3,(H,11,12)/t7?,8-/m1/s1. The van der Waals surface area contributed by atoms with Crippen molar-refractivity contribution in [3.63, 3.8) is 0 Å². The maximum Gasteiger partial charge on any atom is 0.237 e. The molecule has 0 aromatic carbocycles. The van der Waals surface area contributed by atoms with Crippen LogP contribution in [0.5, 0.6) is 0 Å². The van der Waals surface area contributed by atoms with Crippen molar-refractivity contribution in [1.29, 1.82) is 0 Å². The molecule has 0 bridgehead atoms. The SMILES string of the molecule is CC[C@@H](N)C(=O)NC(C)CCOC. The molecule has 0 aromatic heterocycles. The Balaban J connectivity index is 3.64. The van der Waals surface area contributed by atoms with Crippen LogP contribution in [-0.2, 0) is 9.53 Å². The summed E-state index contributed by atoms with van der Waals surface area (Å²) in [5.74, 6) is -0.0777. The molecule has 0 spiro atoms. The molecule has 4 nitrogen and oxygen atoms in total. The summed E-state index contributed by atoms with van der Waals surface area (Å²) < 4.78 is 4.90. The third kappa shape index (κ3) is 5.60. The fraction of sp³-hybridized carbons (Fsp3) is 0.889. The van der Waals surface area contributed by atoms with E-state index in [9.17, 15) is 4.79 Å². The van der Waals surface area contributed by atoms with Crippen LogP contribution in [0.1, 0.15) is 26.7 Å². The van der Waals surface area contributed by atoms with Crippen LogP contribution in [-0.4, -0.2) is 31.7 Å². The van der Waals surface area contributed by atoms with E-state index >= 15 is 0 Å². The van der Waals surface area contributed by atoms with E-state index in [0.29, 0.717) is 13.0 Å². The fourth-order valence-electron chi connectivity index (χ4n) is 0.902. The largest absolute Gasteiger partial charge is 0.385 e. The molecule has 0 saturated heterocycles. The summed E-state index contributed by atoms with van der Waals surface area (Å²) in [6, 6.07) is -0.255. The highest BCUT2D eigenvalue weighted by Gasteiger charge is 2.12. The minimum absolute atomic E-state index is 0.0777. The van der Waals surface area contributed by atoms with Crippen molar-refractivity contribution in [1.82, 2.24) is 5.32 Å². The molecule has 0 heterocycles. The van der Waals surface area contributed by atoms with E-state index in [2.05, 4.69) is 5.32 Å². The zero-order valence-electron chi connectivity index (χ0n) is 8.67. The predicted molar refractivity (Wildman–Crippen MR) is 52.4 cm³/mol. The number of hydrogen-bond acceptors (Lipinski definition) is 3. The molecule has 0 aromatic rings. The molecule has 0 aliphatic rings. The van der Waals surface area contributed by atoms with E-state index in [1.54, 1.807) is 7.11 Å². The average molecular weight is 188 g/mol. The van der Waals surface area contributed by atoms with E-state index < -0.39 is 0 Å². The Labute approximate surface area is 79.8 Å². The van der Waals surface area contributed by atoms with Crippen LogP contribution in [0.25, 0.3) is 0 Å². The summed E-state index contributed by atoms with van der Waals surface area (Å²) in [6.07, 6.45) is 1.49. The zero-order chi connectivity index (χ0) is 10.3. The van der Waals surface area contributed by atoms with Gasteiger partial charge >= 0.3 is 0 Å². The second kappa shape index (κ2) is 6.86. The van der Waals surface area contributed by atoms with Crippen LogP contribution in [0, 0.1) is 0 Å². The molecule has 2 atom stereocenters. The molecule has 0 radical (unpaired) electrons. The first-order chi connectivity index (χ1) is 6.11. The lowest BCUT2D eigenvalue weighted by Gasteiger charge is -2.16. The van der Waals surface area contributed by atoms with Crippen LogP contribution in [0.2, 0.25) is 0 Å². The van der Waals surface area contributed by atoms with E-state index in [-0.39, 0.29) is 18.0 Å². The van der Waals surface area contributed by atoms with Crippen LogP contribution < -0.4 is 11.1 Å². The lowest BCUT2D eigenvalue weighted by molar-refractivity contribution is -0.123. The van der Waals surface area contributed by atoms with Crippen molar-refractivity contribution >= 4 is 5.91 Å². The molecule has 4 heteroatoms. The molecular weight excluding hydrogens is 168 g/mol. The summed E-state index contributed by atoms with van der Waals surface area (Å²) in [7, 11) is 1.65. The molecule has 0 saturated carbocycles. The van der Waals surface area contributed by atoms with Gasteiger partial charge in [0.1, 0.15) is 0 Å². The van der Waals surface area contributed by atoms with E-state index in [1.165, 1.54) is 0 Å². The van der Waals surface area contributed by atoms with Crippen LogP contribution in [0.4, 0.5) is 0 Å². The van der Waals surface area contributed by atoms with Gasteiger partial charge in [0.25, 0.3) is 0 Å². The Morgan fingerprint density at radius 3 is 2.69 bits per heavy atom. The topological polar surface area (TPSA) is 64.4 Å². The molecular formula is C9H20N2O2. The van der Waals surface area contributed by atoms with Gasteiger partial charge in [-0.25, -0.2) is 0 Å². The average Bonchev–Trinajstić information content (AvgIpc) is 2.13. The van der Waals surface area contributed by atoms with Crippen molar-refractivity contribution in [2.45, 2.75) is 38.8 Å². The number of amides is 1. The lowest BCUT2D eigenvalue weighted by Crippen LogP contribution is -2.44. The van der Waals surface area contributed by atoms with Crippen molar-refractivity contribution in [2.75, 3.05) is 13.7 Å². The van der Waals surface area contributed by atoms with Gasteiger partial charge in [-0.1, -0.05) is 6.92 Å². The van der Waals surface area contributed by atoms with Gasteiger partial charge in [0.05, 0.1) is 6.04 Å². The first-order valence-corrected chi connectivity index (χ1v) is 4.66. The molecule has 1 unspecified atom stereocenters. The molecule has 0 aliphatic heterocycles. The summed E-state index contributed by atoms with van der Waals surface area (Å²) in [5, 5.41) is 2.82. The number of methoxy groups -OCH3 is 1. The number of carbonyl (C=O) groups excluding carboxylic acids is 1. The number of carbonyl (C=O) groups is 1. The number of rotatable bonds is 6. The number of hydrogen-bond donors (Lipinski definition) is 2. The molecule has 13 heavy (non-hydrogen) atoms. The van der Waals surface area contributed by atoms with Gasteiger partial charge in [-0.2, -0.15) is 0 Å². The van der Waals surface area contributed by atoms with E-state index in [4.69, 9.17) is 10.5 Å². The summed E-state index contributed by atoms with van der Waals surface area (Å²) in [5.41, 5.74) is 5.55. The van der Waals surface area contributed by atoms with Crippen molar-refractivity contribution in [3.8, 4) is 0 Å². The van der Waals surface area contributed by atoms with Crippen LogP contribution in [0.3, 0.4) is 0 Å². The second-order valence-electron chi connectivity index (χ2n) is 3.21. The minimum atomic E-state index is -0.384. The van der Waals surface area contributed by atoms with Crippen LogP contribution in [0.15, 0.2) is 0 Å². The zero-order valence-corrected chi connectivity index (χ0v) is 8.67. The predicted octanol–water partition coefficient (Wildman–Crippen LogP) is 0.265. The van der Waals surface area contributed by atoms with E-state index in [0.717, 1.165) is 6.42 Å². The van der Waals surface area contributed by atoms with Crippen LogP contribution >= 0.6 is 0 Å². The van der Waals surface area contributed by atoms with Crippen molar-refractivity contribution < 1.29 is 9.53 Å². The Bertz CT molecular complexity index is 151. The molecule has 0 aliphatic carbocycles. The van der Waals surface area contributed by atoms with Crippen molar-refractivity contribution in [2.24, 2.45) is 5.73 Å². The normalized spacial score (nSPS) is 15.1. The number of nitrogens with one attached hydrogen (secondary N) is 1. The highest BCUT2D eigenvalue weighted by Crippen LogP contribution is 1.93. The summed E-state index contributed by atoms with van der Waals surface area (Å²) in [6.45, 7) is 4.49. The first-order valence-electron chi connectivity index (χ1n) is 4.66. The second-order valence-corrected chi connectivity index (χ2v) is 3.21. The third-order valence-electron chi connectivity index (χ3n) is 1.92. The van der Waals surface area contributed by atoms with Gasteiger partial charge in [-0.05, 0) is 19.8 Å². The lowest BCUT2D eigenvalue weighted by atomic mass is 10.2. The van der Waals surface area contributed by atoms with Gasteiger partial charge in [-0.15, -0.1) is 0 Å². The molecule has 0 rings (SSSR count). The highest BCUT2D eigenvalue weighted by atomic mass is 16.5. The highest BCUT2D eigenvalue weighted by molar-refractivity contribution is 5.81. The van der Waals surface area contributed by atoms with Crippen molar-refractivity contribution in [3.05, 3.63) is 0 Å². The van der Waals surface area contributed by atoms with Gasteiger partial charge in [0.15, 0.2) is 0 Å². The van der Waals surface area contributed by atoms with E-state index in [1.807, 2.05) is 13.8 Å². The molecule has 3 N–H and O–H groups in total. The third-order valence-corrected chi connectivity index (χ3v) is 1.92. The fourth-order valence-corrected chi connectivity index (χ4v) is 0.902. The van der Waals surface area contributed by atoms with Gasteiger partial charge in [0.2, 0.25) is 5.91 Å². The Morgan fingerprint density at radius 2 is 2.23 bits per heavy atom. The number of ether oxygens (including phenoxy) is 1. The smallest absolute Gasteiger partial charge is 0.237 e. The maximum atomic E-state index is 11.3. The maximum absolute atomic E-state index is 11.3. The molecule has 78 valence electrons. The summed E-state index contributed by atoms with van der Waals surface area (Å²) >= 11 is 0. The Hall–Kier alpha value is -0.610. The van der Waals surface area contributed by atoms with Gasteiger partial charge in [0, 0.05) is 19.8 Å². The quantitative estimate of drug-likeness (QED) is 0.628. The Morgan fingerprint density at radius 1 is 1.62 bits per heavy atom. The number of nitrogens with two attached hydrogens (primary N) is 1. The monoisotopic (exact) mass is 188 g/mol. The minimum Gasteiger partial charge on any atom is -0.385 e. The molecule has 0 fully saturated rings. The Kier molecular flexibility index (Phi) is 6.54. The summed E-state index contributed by atoms with van der Waals surface area (Å²) in [4.78, 5) is 11.3. The van der Waals surface area contributed by atoms with Gasteiger partial charge in [-0.3, -0.25) is 4.79 Å². The molecule has 1 amide bonds. The van der Waals surface area contributed by atoms with Gasteiger partial charge < -0.3 is 15.8 Å². The first kappa shape index (κ1) is 12.4.